The van der Waals surface area contributed by atoms with Crippen molar-refractivity contribution in [2.24, 2.45) is 0 Å². The van der Waals surface area contributed by atoms with E-state index in [2.05, 4.69) is 0 Å². The zero-order valence-corrected chi connectivity index (χ0v) is 28.3. The minimum atomic E-state index is -10.2. The number of rotatable bonds is 4. The minimum absolute atomic E-state index is 0.0516. The van der Waals surface area contributed by atoms with E-state index in [0.29, 0.717) is 27.5 Å². The van der Waals surface area contributed by atoms with Crippen LogP contribution in [0.1, 0.15) is 0 Å². The van der Waals surface area contributed by atoms with Crippen molar-refractivity contribution in [2.45, 2.75) is 9.79 Å². The fourth-order valence-corrected chi connectivity index (χ4v) is 10.1. The Labute approximate surface area is 293 Å². The highest BCUT2D eigenvalue weighted by atomic mass is 32.5. The lowest BCUT2D eigenvalue weighted by Crippen LogP contribution is -2.08. The third-order valence-corrected chi connectivity index (χ3v) is 12.0. The second kappa shape index (κ2) is 9.39. The van der Waals surface area contributed by atoms with Gasteiger partial charge in [0.05, 0.1) is 0 Å². The lowest BCUT2D eigenvalue weighted by atomic mass is 9.90. The molecule has 0 saturated carbocycles. The van der Waals surface area contributed by atoms with Gasteiger partial charge in [-0.15, -0.1) is 0 Å². The van der Waals surface area contributed by atoms with E-state index >= 15 is 0 Å². The number of hydrogen-bond donors (Lipinski definition) is 0. The summed E-state index contributed by atoms with van der Waals surface area (Å²) >= 11 is 0. The summed E-state index contributed by atoms with van der Waals surface area (Å²) in [6, 6.07) is 30.1. The van der Waals surface area contributed by atoms with Crippen molar-refractivity contribution in [1.29, 1.82) is 0 Å². The molecule has 9 aromatic rings. The van der Waals surface area contributed by atoms with Gasteiger partial charge in [0.15, 0.2) is 0 Å². The Morgan fingerprint density at radius 2 is 0.717 bits per heavy atom. The van der Waals surface area contributed by atoms with E-state index in [1.165, 1.54) is 72.8 Å². The molecule has 8 aromatic carbocycles. The third-order valence-electron chi connectivity index (χ3n) is 9.59. The first-order valence-electron chi connectivity index (χ1n) is 15.9. The minimum Gasteiger partial charge on any atom is -0.455 e. The molecule has 270 valence electrons. The van der Waals surface area contributed by atoms with Crippen molar-refractivity contribution < 1.29 is 43.3 Å². The molecule has 0 N–H and O–H groups in total. The molecule has 1 heterocycles. The van der Waals surface area contributed by atoms with Gasteiger partial charge < -0.3 is 4.42 Å². The van der Waals surface area contributed by atoms with Gasteiger partial charge in [0.2, 0.25) is 0 Å². The van der Waals surface area contributed by atoms with Crippen LogP contribution in [0.2, 0.25) is 0 Å². The van der Waals surface area contributed by atoms with E-state index in [0.717, 1.165) is 24.3 Å². The van der Waals surface area contributed by atoms with Crippen LogP contribution in [-0.4, -0.2) is 0 Å². The molecule has 1 nitrogen and oxygen atoms in total. The van der Waals surface area contributed by atoms with Gasteiger partial charge in [-0.2, -0.15) is 0 Å². The number of hydrogen-bond acceptors (Lipinski definition) is 1. The summed E-state index contributed by atoms with van der Waals surface area (Å²) in [5.41, 5.74) is 1.75. The molecule has 0 fully saturated rings. The molecule has 0 bridgehead atoms. The molecular formula is C40H22F10OS2. The molecule has 0 radical (unpaired) electrons. The Balaban J connectivity index is 1.36. The average Bonchev–Trinajstić information content (AvgIpc) is 3.45. The molecule has 53 heavy (non-hydrogen) atoms. The maximum atomic E-state index is 14.7. The topological polar surface area (TPSA) is 13.1 Å². The fraction of sp³-hybridized carbons (Fsp3) is 0. The van der Waals surface area contributed by atoms with Gasteiger partial charge in [0.1, 0.15) is 21.0 Å². The van der Waals surface area contributed by atoms with Crippen molar-refractivity contribution in [3.05, 3.63) is 133 Å². The van der Waals surface area contributed by atoms with Gasteiger partial charge >= 0.3 is 20.4 Å². The lowest BCUT2D eigenvalue weighted by molar-refractivity contribution is 0.363. The van der Waals surface area contributed by atoms with Crippen molar-refractivity contribution in [1.82, 2.24) is 0 Å². The quantitative estimate of drug-likeness (QED) is 0.128. The van der Waals surface area contributed by atoms with Gasteiger partial charge in [0.25, 0.3) is 0 Å². The van der Waals surface area contributed by atoms with E-state index in [9.17, 15) is 38.9 Å². The zero-order valence-electron chi connectivity index (χ0n) is 26.7. The second-order valence-corrected chi connectivity index (χ2v) is 17.7. The Bertz CT molecular complexity index is 2970. The molecule has 0 aliphatic heterocycles. The van der Waals surface area contributed by atoms with Crippen LogP contribution in [-0.2, 0) is 0 Å². The highest BCUT2D eigenvalue weighted by Gasteiger charge is 2.68. The van der Waals surface area contributed by atoms with E-state index in [1.54, 1.807) is 36.4 Å². The maximum Gasteiger partial charge on any atom is 0.311 e. The molecular weight excluding hydrogens is 751 g/mol. The van der Waals surface area contributed by atoms with Crippen LogP contribution in [0.15, 0.2) is 148 Å². The largest absolute Gasteiger partial charge is 0.455 e. The van der Waals surface area contributed by atoms with Crippen molar-refractivity contribution in [2.75, 3.05) is 0 Å². The molecule has 0 aliphatic carbocycles. The van der Waals surface area contributed by atoms with Crippen LogP contribution in [0.3, 0.4) is 0 Å². The first kappa shape index (κ1) is 33.4. The zero-order chi connectivity index (χ0) is 37.5. The Hall–Kier alpha value is -5.40. The number of para-hydroxylation sites is 1. The Morgan fingerprint density at radius 1 is 0.340 bits per heavy atom. The molecule has 0 unspecified atom stereocenters. The summed E-state index contributed by atoms with van der Waals surface area (Å²) in [6.07, 6.45) is 0. The molecule has 0 saturated heterocycles. The number of furan rings is 1. The van der Waals surface area contributed by atoms with Crippen molar-refractivity contribution in [3.63, 3.8) is 0 Å². The monoisotopic (exact) mass is 772 g/mol. The summed E-state index contributed by atoms with van der Waals surface area (Å²) in [4.78, 5) is -3.94. The highest BCUT2D eigenvalue weighted by Crippen LogP contribution is 3.04. The van der Waals surface area contributed by atoms with Crippen LogP contribution in [0, 0.1) is 0 Å². The lowest BCUT2D eigenvalue weighted by Gasteiger charge is -2.42. The summed E-state index contributed by atoms with van der Waals surface area (Å²) in [5, 5.41) is -1.98. The van der Waals surface area contributed by atoms with Gasteiger partial charge in [-0.1, -0.05) is 160 Å². The van der Waals surface area contributed by atoms with Crippen LogP contribution < -0.4 is 0 Å². The predicted octanol–water partition coefficient (Wildman–Crippen LogP) is 16.8. The predicted molar refractivity (Wildman–Crippen MR) is 197 cm³/mol. The maximum absolute atomic E-state index is 14.7. The van der Waals surface area contributed by atoms with Crippen LogP contribution in [0.4, 0.5) is 38.9 Å². The molecule has 0 spiro atoms. The molecule has 0 amide bonds. The Kier molecular flexibility index (Phi) is 5.92. The van der Waals surface area contributed by atoms with E-state index < -0.39 is 51.8 Å². The first-order valence-corrected chi connectivity index (χ1v) is 19.8. The SMILES string of the molecule is FS(F)(F)(F)(F)c1c2ccccc2c(-c2ccc3oc4c(-c5c6ccccc6c(S(F)(F)(F)(F)F)c6ccccc56)cccc4c3c2)c2ccccc12. The summed E-state index contributed by atoms with van der Waals surface area (Å²) < 4.78 is 153. The van der Waals surface area contributed by atoms with Gasteiger partial charge in [-0.25, -0.2) is 0 Å². The number of benzene rings is 8. The summed E-state index contributed by atoms with van der Waals surface area (Å²) in [6.45, 7) is 0. The normalized spacial score (nSPS) is 15.6. The Morgan fingerprint density at radius 3 is 1.13 bits per heavy atom. The molecule has 0 atom stereocenters. The average molecular weight is 773 g/mol. The fourth-order valence-electron chi connectivity index (χ4n) is 7.76. The van der Waals surface area contributed by atoms with E-state index in [-0.39, 0.29) is 38.3 Å². The molecule has 1 aromatic heterocycles. The smallest absolute Gasteiger partial charge is 0.311 e. The third kappa shape index (κ3) is 5.19. The van der Waals surface area contributed by atoms with Crippen molar-refractivity contribution >= 4 is 85.5 Å². The van der Waals surface area contributed by atoms with Crippen LogP contribution >= 0.6 is 20.4 Å². The van der Waals surface area contributed by atoms with Crippen molar-refractivity contribution in [3.8, 4) is 22.3 Å². The molecule has 9 rings (SSSR count). The number of halogens is 10. The number of fused-ring (bicyclic) bond motifs is 7. The summed E-state index contributed by atoms with van der Waals surface area (Å²) in [7, 11) is -20.5. The van der Waals surface area contributed by atoms with E-state index in [4.69, 9.17) is 4.42 Å². The first-order chi connectivity index (χ1) is 24.6. The van der Waals surface area contributed by atoms with Crippen LogP contribution in [0.5, 0.6) is 0 Å². The summed E-state index contributed by atoms with van der Waals surface area (Å²) in [5.74, 6) is 0. The van der Waals surface area contributed by atoms with Crippen LogP contribution in [0.25, 0.3) is 87.3 Å². The van der Waals surface area contributed by atoms with Gasteiger partial charge in [0, 0.05) is 43.4 Å². The molecule has 13 heteroatoms. The van der Waals surface area contributed by atoms with Gasteiger partial charge in [-0.05, 0) is 44.8 Å². The second-order valence-electron chi connectivity index (χ2n) is 13.0. The van der Waals surface area contributed by atoms with E-state index in [1.807, 2.05) is 0 Å². The van der Waals surface area contributed by atoms with Gasteiger partial charge in [-0.3, -0.25) is 0 Å². The standard InChI is InChI=1S/C40H22F10OS2/c41-52(42,43,44,45)39-29-14-5-1-10-24(29)36(25-11-2-6-15-30(25)39)23-20-21-35-34(22-23)28-18-9-19-33(38(28)51-35)37-26-12-3-7-16-31(26)40(53(46,47,48,49)50)32-17-8-4-13-27(32)37/h1-22H. The highest BCUT2D eigenvalue weighted by molar-refractivity contribution is 8.46. The molecule has 0 aliphatic rings.